The molecule has 0 saturated carbocycles. The van der Waals surface area contributed by atoms with E-state index in [1.54, 1.807) is 12.1 Å². The molecule has 1 aromatic carbocycles. The highest BCUT2D eigenvalue weighted by Gasteiger charge is 1.87. The molecule has 1 radical (unpaired) electrons. The lowest BCUT2D eigenvalue weighted by molar-refractivity contribution is 0.448. The Morgan fingerprint density at radius 2 is 1.73 bits per heavy atom. The molecule has 0 unspecified atom stereocenters. The summed E-state index contributed by atoms with van der Waals surface area (Å²) in [5.41, 5.74) is 6.02. The maximum absolute atomic E-state index is 7.00. The highest BCUT2D eigenvalue weighted by Crippen LogP contribution is 2.15. The molecule has 0 fully saturated rings. The van der Waals surface area contributed by atoms with E-state index in [2.05, 4.69) is 0 Å². The van der Waals surface area contributed by atoms with Gasteiger partial charge in [0.1, 0.15) is 0 Å². The molecule has 0 saturated heterocycles. The topological polar surface area (TPSA) is 66.5 Å². The van der Waals surface area contributed by atoms with Crippen LogP contribution in [0.5, 0.6) is 0 Å². The Labute approximate surface area is 70.7 Å². The van der Waals surface area contributed by atoms with E-state index in [9.17, 15) is 0 Å². The Kier molecular flexibility index (Phi) is 5.65. The van der Waals surface area contributed by atoms with Gasteiger partial charge in [0.05, 0.1) is 10.7 Å². The largest absolute Gasteiger partial charge is 0.482 e. The van der Waals surface area contributed by atoms with Gasteiger partial charge in [-0.3, -0.25) is 0 Å². The molecule has 4 N–H and O–H groups in total. The first-order valence-electron chi connectivity index (χ1n) is 2.82. The molecule has 0 bridgehead atoms. The second-order valence-corrected chi connectivity index (χ2v) is 2.04. The predicted molar refractivity (Wildman–Crippen MR) is 46.1 cm³/mol. The fourth-order valence-electron chi connectivity index (χ4n) is 0.475. The predicted octanol–water partition coefficient (Wildman–Crippen LogP) is 0.427. The summed E-state index contributed by atoms with van der Waals surface area (Å²) in [5, 5.41) is 14.6. The smallest absolute Gasteiger partial charge is 0.429 e. The molecule has 0 aliphatic rings. The summed E-state index contributed by atoms with van der Waals surface area (Å²) in [6.45, 7) is 0. The van der Waals surface area contributed by atoms with Crippen LogP contribution in [0.15, 0.2) is 24.3 Å². The van der Waals surface area contributed by atoms with Crippen molar-refractivity contribution in [1.29, 1.82) is 0 Å². The zero-order valence-corrected chi connectivity index (χ0v) is 6.49. The lowest BCUT2D eigenvalue weighted by Gasteiger charge is -1.91. The first kappa shape index (κ1) is 10.3. The lowest BCUT2D eigenvalue weighted by atomic mass is 10.3. The third kappa shape index (κ3) is 4.67. The van der Waals surface area contributed by atoms with Crippen LogP contribution in [0, 0.1) is 0 Å². The van der Waals surface area contributed by atoms with Gasteiger partial charge in [0.25, 0.3) is 0 Å². The molecule has 0 heterocycles. The van der Waals surface area contributed by atoms with Crippen LogP contribution in [0.3, 0.4) is 0 Å². The molecule has 11 heavy (non-hydrogen) atoms. The Morgan fingerprint density at radius 1 is 1.27 bits per heavy atom. The maximum Gasteiger partial charge on any atom is 0.482 e. The molecule has 0 aliphatic carbocycles. The van der Waals surface area contributed by atoms with Crippen molar-refractivity contribution in [2.75, 3.05) is 5.73 Å². The minimum atomic E-state index is 0. The van der Waals surface area contributed by atoms with Crippen LogP contribution < -0.4 is 5.73 Å². The Bertz CT molecular complexity index is 189. The van der Waals surface area contributed by atoms with Crippen LogP contribution in [0.25, 0.3) is 0 Å². The van der Waals surface area contributed by atoms with Crippen molar-refractivity contribution in [3.8, 4) is 0 Å². The van der Waals surface area contributed by atoms with Crippen LogP contribution in [-0.2, 0) is 0 Å². The van der Waals surface area contributed by atoms with E-state index in [0.29, 0.717) is 10.7 Å². The van der Waals surface area contributed by atoms with Gasteiger partial charge < -0.3 is 15.8 Å². The van der Waals surface area contributed by atoms with Crippen molar-refractivity contribution in [2.24, 2.45) is 0 Å². The molecule has 0 amide bonds. The molecule has 1 aromatic rings. The van der Waals surface area contributed by atoms with Gasteiger partial charge in [0.15, 0.2) is 0 Å². The minimum absolute atomic E-state index is 0. The minimum Gasteiger partial charge on any atom is -0.429 e. The number of halogens is 1. The van der Waals surface area contributed by atoms with Crippen molar-refractivity contribution < 1.29 is 10.0 Å². The lowest BCUT2D eigenvalue weighted by Crippen LogP contribution is -1.82. The molecule has 0 aromatic heterocycles. The van der Waals surface area contributed by atoms with E-state index in [0.717, 1.165) is 0 Å². The quantitative estimate of drug-likeness (QED) is 0.393. The van der Waals surface area contributed by atoms with Crippen LogP contribution in [0.1, 0.15) is 0 Å². The summed E-state index contributed by atoms with van der Waals surface area (Å²) >= 11 is 5.58. The standard InChI is InChI=1S/C6H6ClN.BH2O2/c7-5-3-1-2-4-6(5)8;2-1-3/h1-4H,8H2;2-3H. The number of hydrogen-bond acceptors (Lipinski definition) is 3. The van der Waals surface area contributed by atoms with Crippen LogP contribution in [0.4, 0.5) is 5.69 Å². The average Bonchev–Trinajstić information content (AvgIpc) is 1.97. The van der Waals surface area contributed by atoms with Gasteiger partial charge in [0.2, 0.25) is 0 Å². The Balaban J connectivity index is 0.000000292. The number of para-hydroxylation sites is 1. The molecule has 0 aliphatic heterocycles. The van der Waals surface area contributed by atoms with E-state index >= 15 is 0 Å². The fourth-order valence-corrected chi connectivity index (χ4v) is 0.611. The van der Waals surface area contributed by atoms with Gasteiger partial charge in [0, 0.05) is 0 Å². The molecule has 1 rings (SSSR count). The highest BCUT2D eigenvalue weighted by molar-refractivity contribution is 6.33. The summed E-state index contributed by atoms with van der Waals surface area (Å²) in [5.74, 6) is 0. The van der Waals surface area contributed by atoms with Crippen molar-refractivity contribution in [2.45, 2.75) is 0 Å². The van der Waals surface area contributed by atoms with Crippen molar-refractivity contribution in [1.82, 2.24) is 0 Å². The van der Waals surface area contributed by atoms with Crippen LogP contribution >= 0.6 is 11.6 Å². The first-order valence-corrected chi connectivity index (χ1v) is 3.20. The number of nitrogen functional groups attached to an aromatic ring is 1. The van der Waals surface area contributed by atoms with Crippen LogP contribution in [0.2, 0.25) is 5.02 Å². The molecule has 0 spiro atoms. The van der Waals surface area contributed by atoms with E-state index < -0.39 is 0 Å². The van der Waals surface area contributed by atoms with E-state index in [4.69, 9.17) is 27.4 Å². The van der Waals surface area contributed by atoms with Gasteiger partial charge >= 0.3 is 7.69 Å². The van der Waals surface area contributed by atoms with Gasteiger partial charge in [-0.25, -0.2) is 0 Å². The van der Waals surface area contributed by atoms with Crippen molar-refractivity contribution >= 4 is 25.0 Å². The first-order chi connectivity index (χ1) is 5.22. The zero-order valence-electron chi connectivity index (χ0n) is 5.74. The fraction of sp³-hybridized carbons (Fsp3) is 0. The number of benzene rings is 1. The van der Waals surface area contributed by atoms with Crippen molar-refractivity contribution in [3.63, 3.8) is 0 Å². The van der Waals surface area contributed by atoms with E-state index in [-0.39, 0.29) is 7.69 Å². The summed E-state index contributed by atoms with van der Waals surface area (Å²) in [7, 11) is 0. The number of anilines is 1. The van der Waals surface area contributed by atoms with Gasteiger partial charge in [-0.15, -0.1) is 0 Å². The van der Waals surface area contributed by atoms with Gasteiger partial charge in [-0.1, -0.05) is 23.7 Å². The van der Waals surface area contributed by atoms with Crippen molar-refractivity contribution in [3.05, 3.63) is 29.3 Å². The average molecular weight is 172 g/mol. The number of rotatable bonds is 0. The third-order valence-corrected chi connectivity index (χ3v) is 1.25. The van der Waals surface area contributed by atoms with Gasteiger partial charge in [-0.2, -0.15) is 0 Å². The Hall–Kier alpha value is -0.705. The normalized spacial score (nSPS) is 7.91. The highest BCUT2D eigenvalue weighted by atomic mass is 35.5. The van der Waals surface area contributed by atoms with Gasteiger partial charge in [-0.05, 0) is 12.1 Å². The molecule has 0 atom stereocenters. The molecular weight excluding hydrogens is 164 g/mol. The zero-order chi connectivity index (χ0) is 8.69. The summed E-state index contributed by atoms with van der Waals surface area (Å²) in [4.78, 5) is 0. The molecule has 59 valence electrons. The SMILES string of the molecule is Nc1ccccc1Cl.O[B]O. The second-order valence-electron chi connectivity index (χ2n) is 1.64. The summed E-state index contributed by atoms with van der Waals surface area (Å²) in [6, 6.07) is 7.22. The second kappa shape index (κ2) is 6.03. The number of nitrogens with two attached hydrogens (primary N) is 1. The molecule has 3 nitrogen and oxygen atoms in total. The molecular formula is C6H8BClNO2. The van der Waals surface area contributed by atoms with E-state index in [1.807, 2.05) is 12.1 Å². The monoisotopic (exact) mass is 172 g/mol. The van der Waals surface area contributed by atoms with E-state index in [1.165, 1.54) is 0 Å². The summed E-state index contributed by atoms with van der Waals surface area (Å²) in [6.07, 6.45) is 0. The maximum atomic E-state index is 7.00. The third-order valence-electron chi connectivity index (χ3n) is 0.905. The summed E-state index contributed by atoms with van der Waals surface area (Å²) < 4.78 is 0. The number of hydrogen-bond donors (Lipinski definition) is 3. The Morgan fingerprint density at radius 3 is 2.00 bits per heavy atom. The van der Waals surface area contributed by atoms with Crippen LogP contribution in [-0.4, -0.2) is 17.7 Å². The molecule has 5 heteroatoms.